The third kappa shape index (κ3) is 2.85. The van der Waals surface area contributed by atoms with Gasteiger partial charge in [0.2, 0.25) is 11.6 Å². The molecule has 2 aliphatic rings. The van der Waals surface area contributed by atoms with Crippen LogP contribution in [0.2, 0.25) is 0 Å². The molecule has 8 nitrogen and oxygen atoms in total. The lowest BCUT2D eigenvalue weighted by molar-refractivity contribution is -0.169. The van der Waals surface area contributed by atoms with E-state index in [0.717, 1.165) is 0 Å². The second kappa shape index (κ2) is 6.69. The number of carbonyl (C=O) groups excluding carboxylic acids is 3. The van der Waals surface area contributed by atoms with Gasteiger partial charge in [0.05, 0.1) is 17.4 Å². The number of carbonyl (C=O) groups is 3. The van der Waals surface area contributed by atoms with Crippen molar-refractivity contribution in [2.24, 2.45) is 0 Å². The summed E-state index contributed by atoms with van der Waals surface area (Å²) < 4.78 is 5.43. The minimum absolute atomic E-state index is 0.0697. The van der Waals surface area contributed by atoms with Crippen LogP contribution in [-0.4, -0.2) is 70.0 Å². The third-order valence-electron chi connectivity index (χ3n) is 4.95. The van der Waals surface area contributed by atoms with Gasteiger partial charge in [-0.25, -0.2) is 0 Å². The predicted molar refractivity (Wildman–Crippen MR) is 92.1 cm³/mol. The average Bonchev–Trinajstić information content (AvgIpc) is 3.06. The van der Waals surface area contributed by atoms with Gasteiger partial charge in [-0.1, -0.05) is 6.07 Å². The van der Waals surface area contributed by atoms with Crippen molar-refractivity contribution in [2.45, 2.75) is 38.0 Å². The summed E-state index contributed by atoms with van der Waals surface area (Å²) >= 11 is 0. The standard InChI is InChI=1S/C18H22N2O6/c1-3-26-18(2)15(14(23)16(18)24)19-12-6-4-5-11(13(12)22)17(25)20-8-7-10(21)9-20/h4-6,10,15,19,21-22H,3,7-9H2,1-2H3/t10-,15?,18?/m0/s1. The van der Waals surface area contributed by atoms with E-state index in [-0.39, 0.29) is 30.2 Å². The van der Waals surface area contributed by atoms with Crippen LogP contribution >= 0.6 is 0 Å². The van der Waals surface area contributed by atoms with Crippen LogP contribution in [0.5, 0.6) is 5.75 Å². The van der Waals surface area contributed by atoms with Crippen LogP contribution in [0.25, 0.3) is 0 Å². The zero-order chi connectivity index (χ0) is 19.1. The summed E-state index contributed by atoms with van der Waals surface area (Å²) in [5.41, 5.74) is -1.05. The number of hydrogen-bond acceptors (Lipinski definition) is 7. The van der Waals surface area contributed by atoms with Gasteiger partial charge in [0.1, 0.15) is 6.04 Å². The third-order valence-corrected chi connectivity index (χ3v) is 4.95. The normalized spacial score (nSPS) is 28.2. The Balaban J connectivity index is 1.83. The van der Waals surface area contributed by atoms with Gasteiger partial charge < -0.3 is 25.2 Å². The second-order valence-electron chi connectivity index (χ2n) is 6.71. The molecule has 3 rings (SSSR count). The van der Waals surface area contributed by atoms with Crippen molar-refractivity contribution in [1.82, 2.24) is 4.90 Å². The van der Waals surface area contributed by atoms with E-state index in [9.17, 15) is 24.6 Å². The predicted octanol–water partition coefficient (Wildman–Crippen LogP) is 0.326. The molecule has 0 aromatic heterocycles. The maximum Gasteiger partial charge on any atom is 0.257 e. The molecule has 0 spiro atoms. The number of rotatable bonds is 5. The number of Topliss-reactive ketones (excluding diaryl/α,β-unsaturated/α-hetero) is 2. The van der Waals surface area contributed by atoms with Gasteiger partial charge in [-0.05, 0) is 32.4 Å². The number of likely N-dealkylation sites (tertiary alicyclic amines) is 1. The second-order valence-corrected chi connectivity index (χ2v) is 6.71. The Labute approximate surface area is 150 Å². The molecular weight excluding hydrogens is 340 g/mol. The molecule has 2 unspecified atom stereocenters. The molecule has 1 aromatic carbocycles. The monoisotopic (exact) mass is 362 g/mol. The molecule has 8 heteroatoms. The highest BCUT2D eigenvalue weighted by Gasteiger charge is 2.60. The summed E-state index contributed by atoms with van der Waals surface area (Å²) in [6.07, 6.45) is -0.0662. The number of para-hydroxylation sites is 1. The van der Waals surface area contributed by atoms with E-state index < -0.39 is 35.2 Å². The molecule has 1 amide bonds. The number of phenols is 1. The van der Waals surface area contributed by atoms with Crippen LogP contribution in [-0.2, 0) is 14.3 Å². The highest BCUT2D eigenvalue weighted by atomic mass is 16.5. The van der Waals surface area contributed by atoms with Crippen molar-refractivity contribution in [3.8, 4) is 5.75 Å². The molecule has 26 heavy (non-hydrogen) atoms. The summed E-state index contributed by atoms with van der Waals surface area (Å²) in [4.78, 5) is 37.9. The van der Waals surface area contributed by atoms with Crippen LogP contribution in [0, 0.1) is 0 Å². The lowest BCUT2D eigenvalue weighted by atomic mass is 9.73. The summed E-state index contributed by atoms with van der Waals surface area (Å²) in [6.45, 7) is 4.13. The van der Waals surface area contributed by atoms with Gasteiger partial charge >= 0.3 is 0 Å². The molecular formula is C18H22N2O6. The van der Waals surface area contributed by atoms with Crippen LogP contribution in [0.3, 0.4) is 0 Å². The van der Waals surface area contributed by atoms with E-state index in [1.54, 1.807) is 13.0 Å². The molecule has 1 aliphatic heterocycles. The van der Waals surface area contributed by atoms with Crippen molar-refractivity contribution >= 4 is 23.2 Å². The summed E-state index contributed by atoms with van der Waals surface area (Å²) in [7, 11) is 0. The number of amides is 1. The minimum atomic E-state index is -1.29. The molecule has 0 bridgehead atoms. The van der Waals surface area contributed by atoms with E-state index in [0.29, 0.717) is 13.0 Å². The molecule has 140 valence electrons. The van der Waals surface area contributed by atoms with Crippen molar-refractivity contribution in [3.05, 3.63) is 23.8 Å². The maximum atomic E-state index is 12.6. The number of ketones is 2. The van der Waals surface area contributed by atoms with Crippen molar-refractivity contribution in [1.29, 1.82) is 0 Å². The molecule has 1 saturated carbocycles. The fraction of sp³-hybridized carbons (Fsp3) is 0.500. The number of hydrogen-bond donors (Lipinski definition) is 3. The summed E-state index contributed by atoms with van der Waals surface area (Å²) in [5.74, 6) is -1.94. The first-order valence-electron chi connectivity index (χ1n) is 8.58. The zero-order valence-electron chi connectivity index (χ0n) is 14.7. The Morgan fingerprint density at radius 3 is 2.77 bits per heavy atom. The average molecular weight is 362 g/mol. The lowest BCUT2D eigenvalue weighted by Gasteiger charge is -2.43. The summed E-state index contributed by atoms with van der Waals surface area (Å²) in [5, 5.41) is 22.9. The zero-order valence-corrected chi connectivity index (χ0v) is 14.7. The van der Waals surface area contributed by atoms with Crippen LogP contribution in [0.15, 0.2) is 18.2 Å². The quantitative estimate of drug-likeness (QED) is 0.510. The smallest absolute Gasteiger partial charge is 0.257 e. The molecule has 3 atom stereocenters. The first kappa shape index (κ1) is 18.3. The van der Waals surface area contributed by atoms with Gasteiger partial charge in [0, 0.05) is 19.7 Å². The van der Waals surface area contributed by atoms with E-state index in [4.69, 9.17) is 4.74 Å². The first-order valence-corrected chi connectivity index (χ1v) is 8.58. The highest BCUT2D eigenvalue weighted by Crippen LogP contribution is 2.36. The number of nitrogens with one attached hydrogen (secondary N) is 1. The van der Waals surface area contributed by atoms with Crippen molar-refractivity contribution < 1.29 is 29.3 Å². The summed E-state index contributed by atoms with van der Waals surface area (Å²) in [6, 6.07) is 3.64. The number of aliphatic hydroxyl groups excluding tert-OH is 1. The number of ether oxygens (including phenoxy) is 1. The van der Waals surface area contributed by atoms with E-state index >= 15 is 0 Å². The Morgan fingerprint density at radius 1 is 1.42 bits per heavy atom. The van der Waals surface area contributed by atoms with Crippen LogP contribution < -0.4 is 5.32 Å². The molecule has 1 aliphatic carbocycles. The molecule has 3 N–H and O–H groups in total. The van der Waals surface area contributed by atoms with E-state index in [1.807, 2.05) is 0 Å². The fourth-order valence-corrected chi connectivity index (χ4v) is 3.42. The van der Waals surface area contributed by atoms with Crippen LogP contribution in [0.4, 0.5) is 5.69 Å². The fourth-order valence-electron chi connectivity index (χ4n) is 3.42. The SMILES string of the molecule is CCOC1(C)C(=O)C(=O)C1Nc1cccc(C(=O)N2CC[C@H](O)C2)c1O. The number of β-amino-alcohol motifs (C(OH)–C–C–N with tert-alkyl or cyclic N) is 1. The number of aliphatic hydroxyl groups is 1. The molecule has 1 heterocycles. The van der Waals surface area contributed by atoms with Gasteiger partial charge in [0.15, 0.2) is 11.4 Å². The minimum Gasteiger partial charge on any atom is -0.505 e. The van der Waals surface area contributed by atoms with Gasteiger partial charge in [0.25, 0.3) is 5.91 Å². The number of anilines is 1. The largest absolute Gasteiger partial charge is 0.505 e. The van der Waals surface area contributed by atoms with Gasteiger partial charge in [-0.15, -0.1) is 0 Å². The molecule has 1 saturated heterocycles. The number of benzene rings is 1. The Bertz CT molecular complexity index is 764. The molecule has 1 aromatic rings. The first-order chi connectivity index (χ1) is 12.3. The number of aromatic hydroxyl groups is 1. The Hall–Kier alpha value is -2.45. The Morgan fingerprint density at radius 2 is 2.15 bits per heavy atom. The lowest BCUT2D eigenvalue weighted by Crippen LogP contribution is -2.70. The van der Waals surface area contributed by atoms with Crippen molar-refractivity contribution in [3.63, 3.8) is 0 Å². The number of phenolic OH excluding ortho intramolecular Hbond substituents is 1. The Kier molecular flexibility index (Phi) is 4.72. The van der Waals surface area contributed by atoms with Gasteiger partial charge in [-0.3, -0.25) is 14.4 Å². The van der Waals surface area contributed by atoms with Crippen LogP contribution in [0.1, 0.15) is 30.6 Å². The number of nitrogens with zero attached hydrogens (tertiary/aromatic N) is 1. The van der Waals surface area contributed by atoms with E-state index in [1.165, 1.54) is 24.0 Å². The van der Waals surface area contributed by atoms with Gasteiger partial charge in [-0.2, -0.15) is 0 Å². The van der Waals surface area contributed by atoms with Crippen molar-refractivity contribution in [2.75, 3.05) is 25.0 Å². The molecule has 2 fully saturated rings. The topological polar surface area (TPSA) is 116 Å². The highest BCUT2D eigenvalue weighted by molar-refractivity contribution is 6.51. The molecule has 0 radical (unpaired) electrons. The van der Waals surface area contributed by atoms with E-state index in [2.05, 4.69) is 5.32 Å². The maximum absolute atomic E-state index is 12.6.